The van der Waals surface area contributed by atoms with Crippen molar-refractivity contribution in [3.63, 3.8) is 0 Å². The van der Waals surface area contributed by atoms with Crippen LogP contribution in [0.1, 0.15) is 21.9 Å². The molecule has 7 heteroatoms. The lowest BCUT2D eigenvalue weighted by molar-refractivity contribution is 0.0954. The van der Waals surface area contributed by atoms with Gasteiger partial charge in [-0.1, -0.05) is 0 Å². The molecule has 1 amide bonds. The van der Waals surface area contributed by atoms with E-state index in [9.17, 15) is 4.79 Å². The minimum absolute atomic E-state index is 0.116. The van der Waals surface area contributed by atoms with Crippen LogP contribution in [0, 0.1) is 6.92 Å². The topological polar surface area (TPSA) is 81.3 Å². The number of aryl methyl sites for hydroxylation is 2. The maximum Gasteiger partial charge on any atom is 0.251 e. The van der Waals surface area contributed by atoms with Crippen molar-refractivity contribution in [3.8, 4) is 0 Å². The summed E-state index contributed by atoms with van der Waals surface area (Å²) in [6, 6.07) is 9.39. The summed E-state index contributed by atoms with van der Waals surface area (Å²) in [5.41, 5.74) is 2.34. The third-order valence-electron chi connectivity index (χ3n) is 4.19. The number of nitrogens with one attached hydrogen (secondary N) is 2. The van der Waals surface area contributed by atoms with Crippen molar-refractivity contribution in [1.29, 1.82) is 0 Å². The van der Waals surface area contributed by atoms with Crippen LogP contribution in [-0.2, 0) is 18.2 Å². The van der Waals surface area contributed by atoms with Crippen molar-refractivity contribution in [1.82, 2.24) is 14.9 Å². The Morgan fingerprint density at radius 1 is 1.27 bits per heavy atom. The number of hydrogen-bond acceptors (Lipinski definition) is 5. The van der Waals surface area contributed by atoms with Gasteiger partial charge in [-0.3, -0.25) is 4.79 Å². The molecule has 138 valence electrons. The van der Waals surface area contributed by atoms with E-state index in [0.717, 1.165) is 28.5 Å². The summed E-state index contributed by atoms with van der Waals surface area (Å²) in [5.74, 6) is 2.38. The Kier molecular flexibility index (Phi) is 5.58. The predicted molar refractivity (Wildman–Crippen MR) is 101 cm³/mol. The third kappa shape index (κ3) is 4.05. The lowest BCUT2D eigenvalue weighted by Gasteiger charge is -2.05. The van der Waals surface area contributed by atoms with E-state index < -0.39 is 0 Å². The molecule has 2 aromatic heterocycles. The Morgan fingerprint density at radius 3 is 2.85 bits per heavy atom. The van der Waals surface area contributed by atoms with Crippen LogP contribution < -0.4 is 10.6 Å². The Morgan fingerprint density at radius 2 is 2.12 bits per heavy atom. The summed E-state index contributed by atoms with van der Waals surface area (Å²) >= 11 is 0. The summed E-state index contributed by atoms with van der Waals surface area (Å²) in [5, 5.41) is 6.14. The van der Waals surface area contributed by atoms with Crippen molar-refractivity contribution in [2.24, 2.45) is 7.05 Å². The first-order chi connectivity index (χ1) is 12.6. The van der Waals surface area contributed by atoms with Gasteiger partial charge < -0.3 is 24.4 Å². The highest BCUT2D eigenvalue weighted by molar-refractivity contribution is 5.97. The second-order valence-corrected chi connectivity index (χ2v) is 6.14. The molecule has 1 aromatic carbocycles. The molecule has 0 spiro atoms. The van der Waals surface area contributed by atoms with E-state index in [1.165, 1.54) is 0 Å². The van der Waals surface area contributed by atoms with Crippen molar-refractivity contribution < 1.29 is 13.9 Å². The number of fused-ring (bicyclic) bond motifs is 1. The van der Waals surface area contributed by atoms with E-state index in [2.05, 4.69) is 15.6 Å². The quantitative estimate of drug-likeness (QED) is 0.606. The first-order valence-corrected chi connectivity index (χ1v) is 8.61. The van der Waals surface area contributed by atoms with E-state index >= 15 is 0 Å². The van der Waals surface area contributed by atoms with Gasteiger partial charge in [0.1, 0.15) is 11.5 Å². The number of amides is 1. The van der Waals surface area contributed by atoms with E-state index in [1.54, 1.807) is 7.11 Å². The molecule has 0 fully saturated rings. The molecule has 0 saturated heterocycles. The first kappa shape index (κ1) is 18.0. The second-order valence-electron chi connectivity index (χ2n) is 6.14. The van der Waals surface area contributed by atoms with Gasteiger partial charge in [-0.25, -0.2) is 4.98 Å². The summed E-state index contributed by atoms with van der Waals surface area (Å²) in [6.07, 6.45) is 0.666. The van der Waals surface area contributed by atoms with Crippen LogP contribution in [0.15, 0.2) is 34.7 Å². The normalized spacial score (nSPS) is 11.0. The maximum atomic E-state index is 12.4. The number of nitrogens with zero attached hydrogens (tertiary/aromatic N) is 2. The number of carbonyl (C=O) groups is 1. The number of carbonyl (C=O) groups excluding carboxylic acids is 1. The summed E-state index contributed by atoms with van der Waals surface area (Å²) in [6.45, 7) is 3.71. The molecule has 0 aliphatic heterocycles. The molecular formula is C19H24N4O3. The van der Waals surface area contributed by atoms with Crippen LogP contribution in [0.2, 0.25) is 0 Å². The highest BCUT2D eigenvalue weighted by atomic mass is 16.5. The fourth-order valence-electron chi connectivity index (χ4n) is 2.78. The van der Waals surface area contributed by atoms with E-state index in [0.29, 0.717) is 31.7 Å². The molecule has 0 saturated carbocycles. The highest BCUT2D eigenvalue weighted by Gasteiger charge is 2.11. The molecule has 0 radical (unpaired) electrons. The average molecular weight is 356 g/mol. The zero-order chi connectivity index (χ0) is 18.5. The van der Waals surface area contributed by atoms with Crippen LogP contribution in [-0.4, -0.2) is 42.3 Å². The van der Waals surface area contributed by atoms with Crippen molar-refractivity contribution in [2.75, 3.05) is 32.1 Å². The molecule has 2 N–H and O–H groups in total. The minimum Gasteiger partial charge on any atom is -0.466 e. The smallest absolute Gasteiger partial charge is 0.251 e. The molecule has 0 unspecified atom stereocenters. The Hall–Kier alpha value is -2.80. The fraction of sp³-hybridized carbons (Fsp3) is 0.368. The van der Waals surface area contributed by atoms with Gasteiger partial charge >= 0.3 is 0 Å². The van der Waals surface area contributed by atoms with Crippen molar-refractivity contribution in [3.05, 3.63) is 47.4 Å². The SMILES string of the molecule is COCCNc1nc2cc(C(=O)NCCc3ccc(C)o3)ccc2n1C. The first-order valence-electron chi connectivity index (χ1n) is 8.61. The fourth-order valence-corrected chi connectivity index (χ4v) is 2.78. The van der Waals surface area contributed by atoms with Crippen LogP contribution in [0.5, 0.6) is 0 Å². The molecule has 0 bridgehead atoms. The Labute approximate surface area is 152 Å². The molecule has 7 nitrogen and oxygen atoms in total. The van der Waals surface area contributed by atoms with Gasteiger partial charge in [-0.15, -0.1) is 0 Å². The third-order valence-corrected chi connectivity index (χ3v) is 4.19. The number of hydrogen-bond donors (Lipinski definition) is 2. The van der Waals surface area contributed by atoms with E-state index in [-0.39, 0.29) is 5.91 Å². The van der Waals surface area contributed by atoms with Gasteiger partial charge in [-0.2, -0.15) is 0 Å². The van der Waals surface area contributed by atoms with Crippen molar-refractivity contribution >= 4 is 22.9 Å². The van der Waals surface area contributed by atoms with Gasteiger partial charge in [0, 0.05) is 39.2 Å². The van der Waals surface area contributed by atoms with Gasteiger partial charge in [0.2, 0.25) is 5.95 Å². The highest BCUT2D eigenvalue weighted by Crippen LogP contribution is 2.19. The lowest BCUT2D eigenvalue weighted by atomic mass is 10.2. The number of methoxy groups -OCH3 is 1. The number of imidazole rings is 1. The lowest BCUT2D eigenvalue weighted by Crippen LogP contribution is -2.25. The van der Waals surface area contributed by atoms with E-state index in [4.69, 9.17) is 9.15 Å². The zero-order valence-corrected chi connectivity index (χ0v) is 15.3. The number of aromatic nitrogens is 2. The average Bonchev–Trinajstić information content (AvgIpc) is 3.18. The van der Waals surface area contributed by atoms with Crippen LogP contribution in [0.4, 0.5) is 5.95 Å². The largest absolute Gasteiger partial charge is 0.466 e. The second kappa shape index (κ2) is 8.05. The van der Waals surface area contributed by atoms with Crippen LogP contribution in [0.3, 0.4) is 0 Å². The number of furan rings is 1. The minimum atomic E-state index is -0.116. The van der Waals surface area contributed by atoms with E-state index in [1.807, 2.05) is 48.9 Å². The molecule has 0 atom stereocenters. The Balaban J connectivity index is 1.64. The van der Waals surface area contributed by atoms with Gasteiger partial charge in [0.25, 0.3) is 5.91 Å². The van der Waals surface area contributed by atoms with Crippen LogP contribution in [0.25, 0.3) is 11.0 Å². The van der Waals surface area contributed by atoms with Crippen LogP contribution >= 0.6 is 0 Å². The zero-order valence-electron chi connectivity index (χ0n) is 15.3. The number of ether oxygens (including phenoxy) is 1. The molecule has 3 aromatic rings. The summed E-state index contributed by atoms with van der Waals surface area (Å²) < 4.78 is 12.5. The standard InChI is InChI=1S/C19H24N4O3/c1-13-4-6-15(26-13)8-9-20-18(24)14-5-7-17-16(12-14)22-19(23(17)2)21-10-11-25-3/h4-7,12H,8-11H2,1-3H3,(H,20,24)(H,21,22). The van der Waals surface area contributed by atoms with Gasteiger partial charge in [-0.05, 0) is 37.3 Å². The molecule has 0 aliphatic rings. The Bertz CT molecular complexity index is 897. The summed E-state index contributed by atoms with van der Waals surface area (Å²) in [7, 11) is 3.60. The molecule has 3 rings (SSSR count). The van der Waals surface area contributed by atoms with Crippen molar-refractivity contribution in [2.45, 2.75) is 13.3 Å². The number of anilines is 1. The number of benzene rings is 1. The van der Waals surface area contributed by atoms with Gasteiger partial charge in [0.15, 0.2) is 0 Å². The summed E-state index contributed by atoms with van der Waals surface area (Å²) in [4.78, 5) is 16.9. The molecule has 2 heterocycles. The van der Waals surface area contributed by atoms with Gasteiger partial charge in [0.05, 0.1) is 17.6 Å². The monoisotopic (exact) mass is 356 g/mol. The number of rotatable bonds is 8. The maximum absolute atomic E-state index is 12.4. The molecule has 0 aliphatic carbocycles. The molecular weight excluding hydrogens is 332 g/mol. The molecule has 26 heavy (non-hydrogen) atoms. The predicted octanol–water partition coefficient (Wildman–Crippen LogP) is 2.51.